The molecule has 0 atom stereocenters. The van der Waals surface area contributed by atoms with Gasteiger partial charge in [-0.05, 0) is 12.8 Å². The fraction of sp³-hybridized carbons (Fsp3) is 0.375. The number of fused-ring (bicyclic) bond motifs is 1. The van der Waals surface area contributed by atoms with Crippen LogP contribution in [0.15, 0.2) is 35.6 Å². The molecule has 0 spiro atoms. The Hall–Kier alpha value is -2.90. The zero-order valence-electron chi connectivity index (χ0n) is 13.3. The van der Waals surface area contributed by atoms with E-state index in [1.165, 1.54) is 4.52 Å². The zero-order valence-corrected chi connectivity index (χ0v) is 13.3. The molecule has 3 aromatic rings. The highest BCUT2D eigenvalue weighted by molar-refractivity contribution is 5.92. The van der Waals surface area contributed by atoms with E-state index in [0.29, 0.717) is 24.4 Å². The Balaban J connectivity index is 1.49. The third-order valence-electron chi connectivity index (χ3n) is 4.52. The van der Waals surface area contributed by atoms with E-state index in [9.17, 15) is 9.59 Å². The normalized spacial score (nSPS) is 16.0. The summed E-state index contributed by atoms with van der Waals surface area (Å²) in [5.74, 6) is 0.161. The summed E-state index contributed by atoms with van der Waals surface area (Å²) >= 11 is 0. The van der Waals surface area contributed by atoms with Crippen LogP contribution in [0.3, 0.4) is 0 Å². The number of nitrogens with zero attached hydrogens (tertiary/aromatic N) is 5. The third kappa shape index (κ3) is 2.49. The summed E-state index contributed by atoms with van der Waals surface area (Å²) in [5.41, 5.74) is 1.81. The molecule has 0 unspecified atom stereocenters. The highest BCUT2D eigenvalue weighted by atomic mass is 16.2. The minimum atomic E-state index is -0.105. The first-order chi connectivity index (χ1) is 11.6. The number of likely N-dealkylation sites (tertiary alicyclic amines) is 1. The van der Waals surface area contributed by atoms with Crippen molar-refractivity contribution in [3.63, 3.8) is 0 Å². The molecule has 24 heavy (non-hydrogen) atoms. The lowest BCUT2D eigenvalue weighted by Gasteiger charge is -2.31. The van der Waals surface area contributed by atoms with Gasteiger partial charge in [-0.25, -0.2) is 14.5 Å². The van der Waals surface area contributed by atoms with Crippen molar-refractivity contribution in [2.24, 2.45) is 7.05 Å². The van der Waals surface area contributed by atoms with Gasteiger partial charge in [0.1, 0.15) is 5.69 Å². The van der Waals surface area contributed by atoms with E-state index < -0.39 is 0 Å². The van der Waals surface area contributed by atoms with Gasteiger partial charge in [0.2, 0.25) is 0 Å². The molecule has 0 radical (unpaired) electrons. The minimum Gasteiger partial charge on any atom is -0.340 e. The second-order valence-corrected chi connectivity index (χ2v) is 6.17. The standard InChI is InChI=1S/C16H18N6O2/c1-20-9-13(17-10-20)16(24)21-6-3-11(4-7-21)12-8-15(23)22-14(19-12)2-5-18-22/h2,5,8-11,18H,3-4,6-7H2,1H3. The van der Waals surface area contributed by atoms with E-state index >= 15 is 0 Å². The fourth-order valence-corrected chi connectivity index (χ4v) is 3.22. The maximum Gasteiger partial charge on any atom is 0.274 e. The Labute approximate surface area is 137 Å². The van der Waals surface area contributed by atoms with Crippen LogP contribution < -0.4 is 5.56 Å². The predicted octanol–water partition coefficient (Wildman–Crippen LogP) is 0.776. The number of amides is 1. The van der Waals surface area contributed by atoms with E-state index in [4.69, 9.17) is 0 Å². The third-order valence-corrected chi connectivity index (χ3v) is 4.52. The van der Waals surface area contributed by atoms with E-state index in [1.807, 2.05) is 11.9 Å². The molecule has 1 N–H and O–H groups in total. The average Bonchev–Trinajstić information content (AvgIpc) is 3.23. The SMILES string of the molecule is Cn1cnc(C(=O)N2CCC(c3cc(=O)n4[nH]ccc4n3)CC2)c1. The predicted molar refractivity (Wildman–Crippen MR) is 86.9 cm³/mol. The lowest BCUT2D eigenvalue weighted by molar-refractivity contribution is 0.0706. The van der Waals surface area contributed by atoms with E-state index in [1.54, 1.807) is 35.4 Å². The summed E-state index contributed by atoms with van der Waals surface area (Å²) in [4.78, 5) is 35.0. The zero-order chi connectivity index (χ0) is 16.7. The Morgan fingerprint density at radius 1 is 1.33 bits per heavy atom. The molecule has 0 aliphatic carbocycles. The van der Waals surface area contributed by atoms with Crippen LogP contribution in [0.2, 0.25) is 0 Å². The molecule has 1 amide bonds. The number of nitrogens with one attached hydrogen (secondary N) is 1. The largest absolute Gasteiger partial charge is 0.340 e. The monoisotopic (exact) mass is 326 g/mol. The van der Waals surface area contributed by atoms with Crippen LogP contribution in [0.25, 0.3) is 5.65 Å². The average molecular weight is 326 g/mol. The number of piperidine rings is 1. The summed E-state index contributed by atoms with van der Waals surface area (Å²) in [6.45, 7) is 1.29. The summed E-state index contributed by atoms with van der Waals surface area (Å²) < 4.78 is 3.19. The number of imidazole rings is 1. The van der Waals surface area contributed by atoms with Gasteiger partial charge in [0, 0.05) is 50.6 Å². The number of aryl methyl sites for hydroxylation is 1. The number of hydrogen-bond donors (Lipinski definition) is 1. The Morgan fingerprint density at radius 3 is 2.83 bits per heavy atom. The van der Waals surface area contributed by atoms with Crippen LogP contribution in [0.5, 0.6) is 0 Å². The molecule has 1 fully saturated rings. The minimum absolute atomic E-state index is 0.0387. The van der Waals surface area contributed by atoms with Crippen LogP contribution in [-0.2, 0) is 7.05 Å². The molecule has 3 aromatic heterocycles. The summed E-state index contributed by atoms with van der Waals surface area (Å²) in [5, 5.41) is 2.84. The number of hydrogen-bond acceptors (Lipinski definition) is 4. The van der Waals surface area contributed by atoms with Crippen molar-refractivity contribution in [3.8, 4) is 0 Å². The molecule has 124 valence electrons. The molecule has 8 heteroatoms. The van der Waals surface area contributed by atoms with E-state index in [2.05, 4.69) is 15.1 Å². The Morgan fingerprint density at radius 2 is 2.12 bits per heavy atom. The van der Waals surface area contributed by atoms with Crippen molar-refractivity contribution in [1.82, 2.24) is 29.0 Å². The van der Waals surface area contributed by atoms with E-state index in [-0.39, 0.29) is 17.4 Å². The topological polar surface area (TPSA) is 88.3 Å². The number of aromatic amines is 1. The van der Waals surface area contributed by atoms with Crippen molar-refractivity contribution >= 4 is 11.6 Å². The lowest BCUT2D eigenvalue weighted by Crippen LogP contribution is -2.38. The maximum absolute atomic E-state index is 12.4. The van der Waals surface area contributed by atoms with Gasteiger partial charge in [0.05, 0.1) is 12.0 Å². The van der Waals surface area contributed by atoms with Crippen molar-refractivity contribution in [2.45, 2.75) is 18.8 Å². The molecular weight excluding hydrogens is 308 g/mol. The van der Waals surface area contributed by atoms with Gasteiger partial charge in [0.15, 0.2) is 5.65 Å². The molecule has 4 heterocycles. The Kier molecular flexibility index (Phi) is 3.44. The maximum atomic E-state index is 12.4. The molecule has 0 saturated carbocycles. The number of aromatic nitrogens is 5. The first kappa shape index (κ1) is 14.7. The van der Waals surface area contributed by atoms with Crippen LogP contribution >= 0.6 is 0 Å². The lowest BCUT2D eigenvalue weighted by atomic mass is 9.93. The molecule has 0 aromatic carbocycles. The van der Waals surface area contributed by atoms with Gasteiger partial charge in [0.25, 0.3) is 11.5 Å². The second kappa shape index (κ2) is 5.63. The molecule has 4 rings (SSSR count). The number of carbonyl (C=O) groups is 1. The molecule has 1 aliphatic heterocycles. The van der Waals surface area contributed by atoms with Gasteiger partial charge >= 0.3 is 0 Å². The number of carbonyl (C=O) groups excluding carboxylic acids is 1. The van der Waals surface area contributed by atoms with Gasteiger partial charge in [-0.2, -0.15) is 0 Å². The quantitative estimate of drug-likeness (QED) is 0.753. The van der Waals surface area contributed by atoms with Crippen LogP contribution in [0.4, 0.5) is 0 Å². The number of rotatable bonds is 2. The molecular formula is C16H18N6O2. The molecule has 1 saturated heterocycles. The summed E-state index contributed by atoms with van der Waals surface area (Å²) in [6, 6.07) is 3.37. The first-order valence-corrected chi connectivity index (χ1v) is 7.96. The molecule has 1 aliphatic rings. The number of H-pyrrole nitrogens is 1. The molecule has 8 nitrogen and oxygen atoms in total. The van der Waals surface area contributed by atoms with Crippen LogP contribution in [0, 0.1) is 0 Å². The smallest absolute Gasteiger partial charge is 0.274 e. The van der Waals surface area contributed by atoms with Crippen molar-refractivity contribution < 1.29 is 4.79 Å². The first-order valence-electron chi connectivity index (χ1n) is 7.96. The van der Waals surface area contributed by atoms with Crippen molar-refractivity contribution in [1.29, 1.82) is 0 Å². The van der Waals surface area contributed by atoms with E-state index in [0.717, 1.165) is 18.5 Å². The second-order valence-electron chi connectivity index (χ2n) is 6.17. The van der Waals surface area contributed by atoms with Crippen LogP contribution in [0.1, 0.15) is 34.9 Å². The van der Waals surface area contributed by atoms with Crippen molar-refractivity contribution in [3.05, 3.63) is 52.6 Å². The van der Waals surface area contributed by atoms with Gasteiger partial charge in [-0.3, -0.25) is 14.7 Å². The summed E-state index contributed by atoms with van der Waals surface area (Å²) in [7, 11) is 1.84. The highest BCUT2D eigenvalue weighted by Crippen LogP contribution is 2.26. The van der Waals surface area contributed by atoms with Crippen LogP contribution in [-0.4, -0.2) is 48.0 Å². The van der Waals surface area contributed by atoms with Gasteiger partial charge in [-0.15, -0.1) is 0 Å². The molecule has 0 bridgehead atoms. The summed E-state index contributed by atoms with van der Waals surface area (Å²) in [6.07, 6.45) is 6.65. The van der Waals surface area contributed by atoms with Gasteiger partial charge in [-0.1, -0.05) is 0 Å². The Bertz CT molecular complexity index is 945. The highest BCUT2D eigenvalue weighted by Gasteiger charge is 2.26. The fourth-order valence-electron chi connectivity index (χ4n) is 3.22. The van der Waals surface area contributed by atoms with Gasteiger partial charge < -0.3 is 9.47 Å². The van der Waals surface area contributed by atoms with Crippen molar-refractivity contribution in [2.75, 3.05) is 13.1 Å².